The molecule has 4 fully saturated rings. The van der Waals surface area contributed by atoms with Crippen LogP contribution in [0, 0.1) is 58.2 Å². The second kappa shape index (κ2) is 8.98. The van der Waals surface area contributed by atoms with Gasteiger partial charge < -0.3 is 20.4 Å². The van der Waals surface area contributed by atoms with Gasteiger partial charge >= 0.3 is 0 Å². The fourth-order valence-corrected chi connectivity index (χ4v) is 9.05. The molecule has 184 valence electrons. The zero-order chi connectivity index (χ0) is 23.4. The van der Waals surface area contributed by atoms with Gasteiger partial charge in [-0.1, -0.05) is 46.8 Å². The van der Waals surface area contributed by atoms with E-state index in [4.69, 9.17) is 0 Å². The van der Waals surface area contributed by atoms with E-state index < -0.39 is 0 Å². The van der Waals surface area contributed by atoms with Crippen LogP contribution in [0.4, 0.5) is 0 Å². The summed E-state index contributed by atoms with van der Waals surface area (Å²) in [4.78, 5) is 0. The molecule has 0 aromatic heterocycles. The van der Waals surface area contributed by atoms with Gasteiger partial charge in [-0.15, -0.1) is 0 Å². The van der Waals surface area contributed by atoms with Gasteiger partial charge in [0.25, 0.3) is 0 Å². The zero-order valence-electron chi connectivity index (χ0n) is 21.0. The van der Waals surface area contributed by atoms with Crippen LogP contribution in [0.1, 0.15) is 79.6 Å². The quantitative estimate of drug-likeness (QED) is 0.470. The first-order valence-electron chi connectivity index (χ1n) is 13.4. The molecule has 4 nitrogen and oxygen atoms in total. The first kappa shape index (κ1) is 24.7. The summed E-state index contributed by atoms with van der Waals surface area (Å²) in [6.07, 6.45) is 10.3. The highest BCUT2D eigenvalue weighted by Crippen LogP contribution is 2.68. The molecule has 0 spiro atoms. The Kier molecular flexibility index (Phi) is 6.93. The maximum atomic E-state index is 11.4. The average Bonchev–Trinajstić information content (AvgIpc) is 3.03. The predicted molar refractivity (Wildman–Crippen MR) is 128 cm³/mol. The van der Waals surface area contributed by atoms with Crippen LogP contribution >= 0.6 is 0 Å². The number of hydrogen-bond donors (Lipinski definition) is 4. The van der Waals surface area contributed by atoms with Crippen LogP contribution in [0.2, 0.25) is 0 Å². The third kappa shape index (κ3) is 3.91. The Labute approximate surface area is 195 Å². The minimum absolute atomic E-state index is 0.0854. The summed E-state index contributed by atoms with van der Waals surface area (Å²) >= 11 is 0. The Hall–Kier alpha value is -0.420. The molecule has 9 unspecified atom stereocenters. The molecule has 0 aromatic carbocycles. The van der Waals surface area contributed by atoms with Crippen LogP contribution in [0.15, 0.2) is 12.2 Å². The molecule has 0 saturated heterocycles. The molecule has 4 N–H and O–H groups in total. The Balaban J connectivity index is 1.56. The van der Waals surface area contributed by atoms with E-state index in [-0.39, 0.29) is 53.5 Å². The van der Waals surface area contributed by atoms with Crippen LogP contribution in [-0.2, 0) is 0 Å². The molecule has 32 heavy (non-hydrogen) atoms. The second-order valence-electron chi connectivity index (χ2n) is 12.9. The van der Waals surface area contributed by atoms with Crippen molar-refractivity contribution in [3.05, 3.63) is 12.2 Å². The molecule has 0 heterocycles. The highest BCUT2D eigenvalue weighted by atomic mass is 16.3. The minimum atomic E-state index is -0.358. The van der Waals surface area contributed by atoms with E-state index in [9.17, 15) is 20.4 Å². The second-order valence-corrected chi connectivity index (χ2v) is 12.9. The maximum absolute atomic E-state index is 11.4. The molecule has 4 saturated carbocycles. The fourth-order valence-electron chi connectivity index (χ4n) is 9.05. The third-order valence-corrected chi connectivity index (χ3v) is 11.2. The average molecular weight is 449 g/mol. The Morgan fingerprint density at radius 1 is 0.844 bits per heavy atom. The molecule has 0 bridgehead atoms. The van der Waals surface area contributed by atoms with Gasteiger partial charge in [0.1, 0.15) is 0 Å². The smallest absolute Gasteiger partial charge is 0.0579 e. The van der Waals surface area contributed by atoms with Crippen molar-refractivity contribution in [2.24, 2.45) is 58.2 Å². The largest absolute Gasteiger partial charge is 0.396 e. The van der Waals surface area contributed by atoms with Gasteiger partial charge in [0, 0.05) is 6.61 Å². The van der Waals surface area contributed by atoms with Crippen molar-refractivity contribution in [3.8, 4) is 0 Å². The highest BCUT2D eigenvalue weighted by molar-refractivity contribution is 5.14. The standard InChI is InChI=1S/C28H48O4/c1-16(18(3)15-29)6-7-17(2)22-14-25(32)26-20-13-24(31)23-12-19(30)8-10-27(23,4)21(20)9-11-28(22,26)5/h6-7,16-26,29-32H,8-15H2,1-5H3/b7-6+/t16?,17?,18?,19-,20?,21?,22?,23?,24+,25?,26?,27+,28+/m0/s1. The zero-order valence-corrected chi connectivity index (χ0v) is 21.0. The van der Waals surface area contributed by atoms with Crippen LogP contribution in [0.25, 0.3) is 0 Å². The summed E-state index contributed by atoms with van der Waals surface area (Å²) in [5, 5.41) is 42.3. The van der Waals surface area contributed by atoms with Crippen molar-refractivity contribution in [3.63, 3.8) is 0 Å². The van der Waals surface area contributed by atoms with Crippen LogP contribution in [0.3, 0.4) is 0 Å². The molecular weight excluding hydrogens is 400 g/mol. The number of allylic oxidation sites excluding steroid dienone is 2. The Morgan fingerprint density at radius 3 is 2.22 bits per heavy atom. The highest BCUT2D eigenvalue weighted by Gasteiger charge is 2.64. The summed E-state index contributed by atoms with van der Waals surface area (Å²) in [7, 11) is 0. The molecular formula is C28H48O4. The molecule has 0 radical (unpaired) electrons. The Bertz CT molecular complexity index is 693. The summed E-state index contributed by atoms with van der Waals surface area (Å²) in [5.74, 6) is 2.84. The van der Waals surface area contributed by atoms with Gasteiger partial charge in [-0.25, -0.2) is 0 Å². The number of hydrogen-bond acceptors (Lipinski definition) is 4. The van der Waals surface area contributed by atoms with E-state index in [1.165, 1.54) is 6.42 Å². The Morgan fingerprint density at radius 2 is 1.53 bits per heavy atom. The molecule has 4 aliphatic carbocycles. The van der Waals surface area contributed by atoms with E-state index in [0.29, 0.717) is 29.6 Å². The van der Waals surface area contributed by atoms with Gasteiger partial charge in [-0.2, -0.15) is 0 Å². The lowest BCUT2D eigenvalue weighted by Crippen LogP contribution is -2.59. The first-order valence-corrected chi connectivity index (χ1v) is 13.4. The monoisotopic (exact) mass is 448 g/mol. The van der Waals surface area contributed by atoms with Crippen molar-refractivity contribution in [2.75, 3.05) is 6.61 Å². The number of aliphatic hydroxyl groups is 4. The topological polar surface area (TPSA) is 80.9 Å². The third-order valence-electron chi connectivity index (χ3n) is 11.2. The van der Waals surface area contributed by atoms with Gasteiger partial charge in [0.15, 0.2) is 0 Å². The summed E-state index contributed by atoms with van der Waals surface area (Å²) in [6.45, 7) is 11.6. The van der Waals surface area contributed by atoms with E-state index in [2.05, 4.69) is 46.8 Å². The van der Waals surface area contributed by atoms with Crippen molar-refractivity contribution < 1.29 is 20.4 Å². The summed E-state index contributed by atoms with van der Waals surface area (Å²) in [6, 6.07) is 0. The van der Waals surface area contributed by atoms with Crippen LogP contribution in [0.5, 0.6) is 0 Å². The summed E-state index contributed by atoms with van der Waals surface area (Å²) < 4.78 is 0. The normalized spacial score (nSPS) is 51.5. The molecule has 0 amide bonds. The lowest BCUT2D eigenvalue weighted by molar-refractivity contribution is -0.180. The van der Waals surface area contributed by atoms with Crippen LogP contribution < -0.4 is 0 Å². The van der Waals surface area contributed by atoms with Crippen LogP contribution in [-0.4, -0.2) is 45.3 Å². The molecule has 4 aliphatic rings. The molecule has 0 aliphatic heterocycles. The van der Waals surface area contributed by atoms with Crippen molar-refractivity contribution in [1.29, 1.82) is 0 Å². The fraction of sp³-hybridized carbons (Fsp3) is 0.929. The SMILES string of the molecule is CC(/C=C/C(C)C1CC(O)C2C3C[C@@H](O)C4C[C@@H](O)CC[C@]4(C)C3CC[C@]12C)C(C)CO. The number of aliphatic hydroxyl groups excluding tert-OH is 4. The van der Waals surface area contributed by atoms with Crippen molar-refractivity contribution >= 4 is 0 Å². The van der Waals surface area contributed by atoms with Gasteiger partial charge in [-0.3, -0.25) is 0 Å². The van der Waals surface area contributed by atoms with Gasteiger partial charge in [-0.05, 0) is 103 Å². The molecule has 4 rings (SSSR count). The number of rotatable bonds is 5. The first-order chi connectivity index (χ1) is 15.0. The van der Waals surface area contributed by atoms with E-state index in [1.807, 2.05) is 0 Å². The van der Waals surface area contributed by atoms with E-state index in [0.717, 1.165) is 38.5 Å². The summed E-state index contributed by atoms with van der Waals surface area (Å²) in [5.41, 5.74) is 0.190. The van der Waals surface area contributed by atoms with E-state index >= 15 is 0 Å². The maximum Gasteiger partial charge on any atom is 0.0579 e. The lowest BCUT2D eigenvalue weighted by atomic mass is 9.43. The van der Waals surface area contributed by atoms with Gasteiger partial charge in [0.05, 0.1) is 18.3 Å². The minimum Gasteiger partial charge on any atom is -0.396 e. The van der Waals surface area contributed by atoms with Gasteiger partial charge in [0.2, 0.25) is 0 Å². The lowest BCUT2D eigenvalue weighted by Gasteiger charge is -2.62. The van der Waals surface area contributed by atoms with E-state index in [1.54, 1.807) is 0 Å². The molecule has 13 atom stereocenters. The molecule has 4 heteroatoms. The van der Waals surface area contributed by atoms with Crippen molar-refractivity contribution in [1.82, 2.24) is 0 Å². The predicted octanol–water partition coefficient (Wildman–Crippen LogP) is 4.40. The molecule has 0 aromatic rings. The van der Waals surface area contributed by atoms with Crippen molar-refractivity contribution in [2.45, 2.75) is 97.9 Å². The number of fused-ring (bicyclic) bond motifs is 5.